The number of carbonyl (C=O) groups excluding carboxylic acids is 1. The van der Waals surface area contributed by atoms with Crippen molar-refractivity contribution in [2.24, 2.45) is 0 Å². The van der Waals surface area contributed by atoms with Crippen molar-refractivity contribution in [3.8, 4) is 10.6 Å². The molecule has 0 N–H and O–H groups in total. The first-order chi connectivity index (χ1) is 13.5. The van der Waals surface area contributed by atoms with Crippen molar-refractivity contribution in [2.75, 3.05) is 13.2 Å². The standard InChI is InChI=1S/C19H12Cl3N3O2S/c20-11-3-1-2-10(4-11)7-25-17(26)12-5-14(15-13(21)6-23-18(22)24-15)28-16(12)19(25)8-27-9-19/h1-6H,7-9H2. The molecule has 0 atom stereocenters. The Balaban J connectivity index is 1.55. The molecule has 2 aliphatic rings. The number of rotatable bonds is 3. The number of benzene rings is 1. The second kappa shape index (κ2) is 6.68. The number of ether oxygens (including phenoxy) is 1. The third kappa shape index (κ3) is 2.75. The molecule has 0 aliphatic carbocycles. The molecule has 0 bridgehead atoms. The van der Waals surface area contributed by atoms with Crippen molar-refractivity contribution >= 4 is 52.0 Å². The Morgan fingerprint density at radius 2 is 2.04 bits per heavy atom. The third-order valence-corrected chi connectivity index (χ3v) is 7.04. The maximum absolute atomic E-state index is 13.2. The molecule has 28 heavy (non-hydrogen) atoms. The first kappa shape index (κ1) is 18.3. The van der Waals surface area contributed by atoms with Gasteiger partial charge in [-0.1, -0.05) is 35.3 Å². The highest BCUT2D eigenvalue weighted by Crippen LogP contribution is 2.51. The van der Waals surface area contributed by atoms with E-state index in [1.165, 1.54) is 17.5 Å². The first-order valence-electron chi connectivity index (χ1n) is 8.45. The van der Waals surface area contributed by atoms with Crippen LogP contribution in [0.5, 0.6) is 0 Å². The molecule has 4 heterocycles. The van der Waals surface area contributed by atoms with E-state index in [1.54, 1.807) is 0 Å². The van der Waals surface area contributed by atoms with Gasteiger partial charge in [0, 0.05) is 16.4 Å². The normalized spacial score (nSPS) is 17.1. The monoisotopic (exact) mass is 451 g/mol. The Labute approximate surface area is 179 Å². The minimum atomic E-state index is -0.457. The molecule has 0 saturated carbocycles. The number of carbonyl (C=O) groups is 1. The fraction of sp³-hybridized carbons (Fsp3) is 0.211. The fourth-order valence-electron chi connectivity index (χ4n) is 3.62. The molecule has 5 nitrogen and oxygen atoms in total. The van der Waals surface area contributed by atoms with Gasteiger partial charge in [-0.25, -0.2) is 9.97 Å². The number of nitrogens with zero attached hydrogens (tertiary/aromatic N) is 3. The van der Waals surface area contributed by atoms with Crippen LogP contribution in [0.2, 0.25) is 15.3 Å². The number of aromatic nitrogens is 2. The van der Waals surface area contributed by atoms with Crippen LogP contribution in [0.15, 0.2) is 36.5 Å². The summed E-state index contributed by atoms with van der Waals surface area (Å²) >= 11 is 19.8. The van der Waals surface area contributed by atoms with E-state index in [9.17, 15) is 4.79 Å². The lowest BCUT2D eigenvalue weighted by Gasteiger charge is -2.45. The minimum absolute atomic E-state index is 0.0305. The van der Waals surface area contributed by atoms with Gasteiger partial charge in [0.2, 0.25) is 5.28 Å². The van der Waals surface area contributed by atoms with E-state index >= 15 is 0 Å². The number of fused-ring (bicyclic) bond motifs is 2. The second-order valence-corrected chi connectivity index (χ2v) is 8.97. The van der Waals surface area contributed by atoms with Gasteiger partial charge in [0.15, 0.2) is 0 Å². The van der Waals surface area contributed by atoms with Crippen LogP contribution in [0.4, 0.5) is 0 Å². The molecule has 2 aromatic heterocycles. The zero-order chi connectivity index (χ0) is 19.5. The number of hydrogen-bond acceptors (Lipinski definition) is 5. The van der Waals surface area contributed by atoms with Crippen molar-refractivity contribution in [1.82, 2.24) is 14.9 Å². The number of halogens is 3. The van der Waals surface area contributed by atoms with Gasteiger partial charge in [0.25, 0.3) is 5.91 Å². The minimum Gasteiger partial charge on any atom is -0.376 e. The molecule has 1 aromatic carbocycles. The van der Waals surface area contributed by atoms with Crippen LogP contribution in [0, 0.1) is 0 Å². The molecule has 0 radical (unpaired) electrons. The molecule has 0 unspecified atom stereocenters. The molecule has 2 aliphatic heterocycles. The molecule has 3 aromatic rings. The average molecular weight is 453 g/mol. The Hall–Kier alpha value is -1.70. The van der Waals surface area contributed by atoms with E-state index in [4.69, 9.17) is 39.5 Å². The Morgan fingerprint density at radius 3 is 2.75 bits per heavy atom. The number of thiophene rings is 1. The summed E-state index contributed by atoms with van der Waals surface area (Å²) in [7, 11) is 0. The van der Waals surface area contributed by atoms with Crippen molar-refractivity contribution in [3.63, 3.8) is 0 Å². The summed E-state index contributed by atoms with van der Waals surface area (Å²) in [4.78, 5) is 25.0. The van der Waals surface area contributed by atoms with Gasteiger partial charge in [-0.05, 0) is 35.4 Å². The van der Waals surface area contributed by atoms with Crippen molar-refractivity contribution in [2.45, 2.75) is 12.1 Å². The Bertz CT molecular complexity index is 1110. The summed E-state index contributed by atoms with van der Waals surface area (Å²) in [5, 5.41) is 1.16. The zero-order valence-corrected chi connectivity index (χ0v) is 17.4. The van der Waals surface area contributed by atoms with E-state index in [0.29, 0.717) is 41.1 Å². The van der Waals surface area contributed by atoms with E-state index in [1.807, 2.05) is 35.2 Å². The van der Waals surface area contributed by atoms with Crippen LogP contribution in [-0.4, -0.2) is 34.0 Å². The Kier molecular flexibility index (Phi) is 4.37. The van der Waals surface area contributed by atoms with E-state index in [2.05, 4.69) is 9.97 Å². The van der Waals surface area contributed by atoms with Crippen LogP contribution < -0.4 is 0 Å². The second-order valence-electron chi connectivity index (χ2n) is 6.73. The topological polar surface area (TPSA) is 55.3 Å². The van der Waals surface area contributed by atoms with E-state index in [0.717, 1.165) is 15.3 Å². The van der Waals surface area contributed by atoms with Crippen LogP contribution in [0.1, 0.15) is 20.8 Å². The van der Waals surface area contributed by atoms with Crippen molar-refractivity contribution in [1.29, 1.82) is 0 Å². The summed E-state index contributed by atoms with van der Waals surface area (Å²) in [6.07, 6.45) is 1.46. The molecule has 1 fully saturated rings. The predicted octanol–water partition coefficient (Wildman–Crippen LogP) is 5.05. The van der Waals surface area contributed by atoms with E-state index in [-0.39, 0.29) is 11.2 Å². The molecule has 1 amide bonds. The van der Waals surface area contributed by atoms with E-state index < -0.39 is 5.54 Å². The lowest BCUT2D eigenvalue weighted by atomic mass is 9.95. The van der Waals surface area contributed by atoms with Gasteiger partial charge in [-0.3, -0.25) is 4.79 Å². The fourth-order valence-corrected chi connectivity index (χ4v) is 5.53. The summed E-state index contributed by atoms with van der Waals surface area (Å²) in [5.41, 5.74) is 1.72. The summed E-state index contributed by atoms with van der Waals surface area (Å²) in [6.45, 7) is 1.40. The molecule has 5 rings (SSSR count). The van der Waals surface area contributed by atoms with Gasteiger partial charge < -0.3 is 9.64 Å². The smallest absolute Gasteiger partial charge is 0.256 e. The number of amides is 1. The molecule has 9 heteroatoms. The molecule has 1 spiro atoms. The van der Waals surface area contributed by atoms with Gasteiger partial charge in [-0.2, -0.15) is 0 Å². The highest BCUT2D eigenvalue weighted by Gasteiger charge is 2.56. The van der Waals surface area contributed by atoms with Crippen LogP contribution in [0.25, 0.3) is 10.6 Å². The van der Waals surface area contributed by atoms with Crippen LogP contribution >= 0.6 is 46.1 Å². The zero-order valence-electron chi connectivity index (χ0n) is 14.3. The molecule has 142 valence electrons. The average Bonchev–Trinajstić information content (AvgIpc) is 3.15. The largest absolute Gasteiger partial charge is 0.376 e. The SMILES string of the molecule is O=C1c2cc(-c3nc(Cl)ncc3Cl)sc2C2(COC2)N1Cc1cccc(Cl)c1. The predicted molar refractivity (Wildman–Crippen MR) is 109 cm³/mol. The van der Waals surface area contributed by atoms with Gasteiger partial charge in [0.1, 0.15) is 11.2 Å². The number of hydrogen-bond donors (Lipinski definition) is 0. The van der Waals surface area contributed by atoms with Gasteiger partial charge in [0.05, 0.1) is 34.9 Å². The van der Waals surface area contributed by atoms with Gasteiger partial charge in [-0.15, -0.1) is 11.3 Å². The van der Waals surface area contributed by atoms with Crippen LogP contribution in [0.3, 0.4) is 0 Å². The van der Waals surface area contributed by atoms with Gasteiger partial charge >= 0.3 is 0 Å². The first-order valence-corrected chi connectivity index (χ1v) is 10.4. The summed E-state index contributed by atoms with van der Waals surface area (Å²) < 4.78 is 5.53. The highest BCUT2D eigenvalue weighted by atomic mass is 35.5. The maximum atomic E-state index is 13.2. The summed E-state index contributed by atoms with van der Waals surface area (Å²) in [6, 6.07) is 9.38. The van der Waals surface area contributed by atoms with Crippen molar-refractivity contribution in [3.05, 3.63) is 67.9 Å². The Morgan fingerprint density at radius 1 is 1.21 bits per heavy atom. The van der Waals surface area contributed by atoms with Crippen molar-refractivity contribution < 1.29 is 9.53 Å². The lowest BCUT2D eigenvalue weighted by molar-refractivity contribution is -0.126. The summed E-state index contributed by atoms with van der Waals surface area (Å²) in [5.74, 6) is -0.0305. The van der Waals surface area contributed by atoms with Crippen LogP contribution in [-0.2, 0) is 16.8 Å². The molecule has 1 saturated heterocycles. The molecular weight excluding hydrogens is 441 g/mol. The maximum Gasteiger partial charge on any atom is 0.256 e. The quantitative estimate of drug-likeness (QED) is 0.522. The third-order valence-electron chi connectivity index (χ3n) is 5.01. The molecular formula is C19H12Cl3N3O2S. The lowest BCUT2D eigenvalue weighted by Crippen LogP contribution is -2.56. The highest BCUT2D eigenvalue weighted by molar-refractivity contribution is 7.16.